The van der Waals surface area contributed by atoms with Crippen LogP contribution in [0.5, 0.6) is 0 Å². The molecular formula is C17H23N3O2. The lowest BCUT2D eigenvalue weighted by Crippen LogP contribution is -2.40. The van der Waals surface area contributed by atoms with Crippen molar-refractivity contribution in [3.63, 3.8) is 0 Å². The van der Waals surface area contributed by atoms with Crippen LogP contribution in [0, 0.1) is 6.92 Å². The van der Waals surface area contributed by atoms with Crippen molar-refractivity contribution in [2.45, 2.75) is 26.1 Å². The van der Waals surface area contributed by atoms with Gasteiger partial charge < -0.3 is 14.8 Å². The molecule has 118 valence electrons. The number of hydrogen-bond donors (Lipinski definition) is 1. The Hall–Kier alpha value is -1.98. The average molecular weight is 301 g/mol. The maximum atomic E-state index is 5.79. The molecule has 5 heteroatoms. The van der Waals surface area contributed by atoms with Gasteiger partial charge in [-0.25, -0.2) is 9.97 Å². The van der Waals surface area contributed by atoms with Gasteiger partial charge in [-0.1, -0.05) is 30.3 Å². The van der Waals surface area contributed by atoms with Crippen LogP contribution in [0.4, 0.5) is 5.82 Å². The summed E-state index contributed by atoms with van der Waals surface area (Å²) in [5.74, 6) is 0.791. The molecule has 0 aliphatic rings. The standard InChI is InChI=1S/C17H23N3O2/c1-14-9-16(20-13-19-14)18-11-17(2,21-3)12-22-10-15-7-5-4-6-8-15/h4-9,13H,10-12H2,1-3H3,(H,18,19,20). The van der Waals surface area contributed by atoms with E-state index in [9.17, 15) is 0 Å². The predicted octanol–water partition coefficient (Wildman–Crippen LogP) is 2.82. The van der Waals surface area contributed by atoms with Gasteiger partial charge in [0.15, 0.2) is 0 Å². The first-order valence-electron chi connectivity index (χ1n) is 7.31. The van der Waals surface area contributed by atoms with Gasteiger partial charge in [0.2, 0.25) is 0 Å². The highest BCUT2D eigenvalue weighted by Gasteiger charge is 2.24. The SMILES string of the molecule is COC(C)(CNc1cc(C)ncn1)COCc1ccccc1. The smallest absolute Gasteiger partial charge is 0.129 e. The van der Waals surface area contributed by atoms with Crippen LogP contribution in [-0.2, 0) is 16.1 Å². The molecule has 1 unspecified atom stereocenters. The van der Waals surface area contributed by atoms with E-state index in [1.54, 1.807) is 13.4 Å². The Kier molecular flexibility index (Phi) is 5.86. The predicted molar refractivity (Wildman–Crippen MR) is 86.8 cm³/mol. The van der Waals surface area contributed by atoms with E-state index in [0.29, 0.717) is 19.8 Å². The van der Waals surface area contributed by atoms with Crippen LogP contribution in [0.2, 0.25) is 0 Å². The molecule has 1 N–H and O–H groups in total. The van der Waals surface area contributed by atoms with Crippen LogP contribution in [0.1, 0.15) is 18.2 Å². The van der Waals surface area contributed by atoms with Crippen molar-refractivity contribution in [2.75, 3.05) is 25.6 Å². The van der Waals surface area contributed by atoms with E-state index in [1.807, 2.05) is 50.2 Å². The van der Waals surface area contributed by atoms with Gasteiger partial charge >= 0.3 is 0 Å². The summed E-state index contributed by atoms with van der Waals surface area (Å²) < 4.78 is 11.4. The van der Waals surface area contributed by atoms with E-state index in [2.05, 4.69) is 15.3 Å². The Labute approximate surface area is 131 Å². The van der Waals surface area contributed by atoms with Crippen LogP contribution in [0.15, 0.2) is 42.7 Å². The van der Waals surface area contributed by atoms with Gasteiger partial charge in [-0.3, -0.25) is 0 Å². The quantitative estimate of drug-likeness (QED) is 0.812. The number of methoxy groups -OCH3 is 1. The summed E-state index contributed by atoms with van der Waals surface area (Å²) in [6.45, 7) is 5.63. The summed E-state index contributed by atoms with van der Waals surface area (Å²) in [6.07, 6.45) is 1.55. The molecule has 22 heavy (non-hydrogen) atoms. The number of anilines is 1. The lowest BCUT2D eigenvalue weighted by atomic mass is 10.1. The zero-order chi connectivity index (χ0) is 15.8. The maximum absolute atomic E-state index is 5.79. The Bertz CT molecular complexity index is 577. The lowest BCUT2D eigenvalue weighted by Gasteiger charge is -2.28. The summed E-state index contributed by atoms with van der Waals surface area (Å²) in [5.41, 5.74) is 1.66. The fourth-order valence-electron chi connectivity index (χ4n) is 1.97. The Morgan fingerprint density at radius 2 is 1.95 bits per heavy atom. The van der Waals surface area contributed by atoms with E-state index >= 15 is 0 Å². The first-order valence-corrected chi connectivity index (χ1v) is 7.31. The zero-order valence-electron chi connectivity index (χ0n) is 13.4. The first kappa shape index (κ1) is 16.4. The molecule has 0 fully saturated rings. The average Bonchev–Trinajstić information content (AvgIpc) is 2.54. The molecule has 1 aromatic carbocycles. The third-order valence-electron chi connectivity index (χ3n) is 3.46. The molecule has 0 amide bonds. The largest absolute Gasteiger partial charge is 0.374 e. The normalized spacial score (nSPS) is 13.6. The van der Waals surface area contributed by atoms with Gasteiger partial charge in [0.25, 0.3) is 0 Å². The number of rotatable bonds is 8. The summed E-state index contributed by atoms with van der Waals surface area (Å²) >= 11 is 0. The van der Waals surface area contributed by atoms with Crippen molar-refractivity contribution >= 4 is 5.82 Å². The Balaban J connectivity index is 1.83. The molecule has 5 nitrogen and oxygen atoms in total. The molecule has 0 aliphatic heterocycles. The minimum Gasteiger partial charge on any atom is -0.374 e. The van der Waals surface area contributed by atoms with Gasteiger partial charge in [-0.15, -0.1) is 0 Å². The minimum absolute atomic E-state index is 0.423. The van der Waals surface area contributed by atoms with Gasteiger partial charge in [0.05, 0.1) is 13.2 Å². The van der Waals surface area contributed by atoms with Crippen LogP contribution < -0.4 is 5.32 Å². The number of nitrogens with zero attached hydrogens (tertiary/aromatic N) is 2. The molecule has 0 spiro atoms. The second-order valence-electron chi connectivity index (χ2n) is 5.53. The molecule has 1 atom stereocenters. The van der Waals surface area contributed by atoms with E-state index in [-0.39, 0.29) is 0 Å². The van der Waals surface area contributed by atoms with Crippen molar-refractivity contribution in [3.8, 4) is 0 Å². The van der Waals surface area contributed by atoms with Crippen molar-refractivity contribution in [1.82, 2.24) is 9.97 Å². The highest BCUT2D eigenvalue weighted by Crippen LogP contribution is 2.13. The van der Waals surface area contributed by atoms with Gasteiger partial charge in [-0.2, -0.15) is 0 Å². The van der Waals surface area contributed by atoms with Crippen LogP contribution in [0.25, 0.3) is 0 Å². The minimum atomic E-state index is -0.423. The van der Waals surface area contributed by atoms with Gasteiger partial charge in [0, 0.05) is 25.4 Å². The van der Waals surface area contributed by atoms with Crippen molar-refractivity contribution in [3.05, 3.63) is 54.0 Å². The topological polar surface area (TPSA) is 56.3 Å². The van der Waals surface area contributed by atoms with Crippen LogP contribution in [0.3, 0.4) is 0 Å². The van der Waals surface area contributed by atoms with Crippen molar-refractivity contribution in [2.24, 2.45) is 0 Å². The fraction of sp³-hybridized carbons (Fsp3) is 0.412. The van der Waals surface area contributed by atoms with E-state index < -0.39 is 5.60 Å². The van der Waals surface area contributed by atoms with E-state index in [0.717, 1.165) is 17.1 Å². The van der Waals surface area contributed by atoms with E-state index in [1.165, 1.54) is 0 Å². The molecule has 0 radical (unpaired) electrons. The number of aryl methyl sites for hydroxylation is 1. The van der Waals surface area contributed by atoms with Crippen molar-refractivity contribution in [1.29, 1.82) is 0 Å². The fourth-order valence-corrected chi connectivity index (χ4v) is 1.97. The third-order valence-corrected chi connectivity index (χ3v) is 3.46. The summed E-state index contributed by atoms with van der Waals surface area (Å²) in [4.78, 5) is 8.27. The molecular weight excluding hydrogens is 278 g/mol. The summed E-state index contributed by atoms with van der Waals surface area (Å²) in [7, 11) is 1.69. The van der Waals surface area contributed by atoms with Gasteiger partial charge in [-0.05, 0) is 19.4 Å². The number of nitrogens with one attached hydrogen (secondary N) is 1. The molecule has 0 saturated carbocycles. The second-order valence-corrected chi connectivity index (χ2v) is 5.53. The summed E-state index contributed by atoms with van der Waals surface area (Å²) in [6, 6.07) is 12.0. The molecule has 0 bridgehead atoms. The first-order chi connectivity index (χ1) is 10.6. The number of ether oxygens (including phenoxy) is 2. The molecule has 1 heterocycles. The lowest BCUT2D eigenvalue weighted by molar-refractivity contribution is -0.0589. The Morgan fingerprint density at radius 1 is 1.18 bits per heavy atom. The number of benzene rings is 1. The molecule has 1 aromatic heterocycles. The maximum Gasteiger partial charge on any atom is 0.129 e. The number of hydrogen-bond acceptors (Lipinski definition) is 5. The highest BCUT2D eigenvalue weighted by molar-refractivity contribution is 5.34. The third kappa shape index (κ3) is 5.09. The van der Waals surface area contributed by atoms with E-state index in [4.69, 9.17) is 9.47 Å². The monoisotopic (exact) mass is 301 g/mol. The van der Waals surface area contributed by atoms with Gasteiger partial charge in [0.1, 0.15) is 17.7 Å². The molecule has 2 rings (SSSR count). The molecule has 0 aliphatic carbocycles. The number of aromatic nitrogens is 2. The van der Waals surface area contributed by atoms with Crippen LogP contribution in [-0.4, -0.2) is 35.8 Å². The molecule has 2 aromatic rings. The zero-order valence-corrected chi connectivity index (χ0v) is 13.4. The van der Waals surface area contributed by atoms with Crippen LogP contribution >= 0.6 is 0 Å². The Morgan fingerprint density at radius 3 is 2.64 bits per heavy atom. The highest BCUT2D eigenvalue weighted by atomic mass is 16.5. The second kappa shape index (κ2) is 7.87. The molecule has 0 saturated heterocycles. The summed E-state index contributed by atoms with van der Waals surface area (Å²) in [5, 5.41) is 3.27. The van der Waals surface area contributed by atoms with Crippen molar-refractivity contribution < 1.29 is 9.47 Å².